The lowest BCUT2D eigenvalue weighted by Crippen LogP contribution is -2.56. The van der Waals surface area contributed by atoms with Gasteiger partial charge >= 0.3 is 12.1 Å². The maximum atomic E-state index is 13.0. The van der Waals surface area contributed by atoms with Crippen molar-refractivity contribution in [1.82, 2.24) is 10.6 Å². The zero-order valence-electron chi connectivity index (χ0n) is 18.1. The van der Waals surface area contributed by atoms with Gasteiger partial charge in [-0.15, -0.1) is 10.1 Å². The number of carbonyl (C=O) groups is 3. The van der Waals surface area contributed by atoms with Crippen molar-refractivity contribution in [3.8, 4) is 0 Å². The molecule has 33 heavy (non-hydrogen) atoms. The highest BCUT2D eigenvalue weighted by atomic mass is 17.0. The molecule has 3 atom stereocenters. The molecule has 2 aromatic carbocycles. The van der Waals surface area contributed by atoms with Crippen LogP contribution in [0.5, 0.6) is 0 Å². The molecule has 2 rings (SSSR count). The Bertz CT molecular complexity index is 939. The second kappa shape index (κ2) is 12.6. The Balaban J connectivity index is 2.13. The lowest BCUT2D eigenvalue weighted by molar-refractivity contribution is -0.767. The molecule has 11 heteroatoms. The molecule has 0 bridgehead atoms. The zero-order chi connectivity index (χ0) is 24.2. The Morgan fingerprint density at radius 2 is 1.55 bits per heavy atom. The Labute approximate surface area is 190 Å². The number of carbonyl (C=O) groups excluding carboxylic acids is 3. The summed E-state index contributed by atoms with van der Waals surface area (Å²) in [6.07, 6.45) is -2.11. The van der Waals surface area contributed by atoms with Crippen molar-refractivity contribution < 1.29 is 33.8 Å². The molecule has 0 spiro atoms. The average Bonchev–Trinajstić information content (AvgIpc) is 2.81. The molecule has 0 saturated heterocycles. The van der Waals surface area contributed by atoms with E-state index in [1.54, 1.807) is 54.6 Å². The summed E-state index contributed by atoms with van der Waals surface area (Å²) < 4.78 is 9.80. The van der Waals surface area contributed by atoms with Crippen LogP contribution in [0.25, 0.3) is 0 Å². The van der Waals surface area contributed by atoms with Gasteiger partial charge < -0.3 is 24.9 Å². The first kappa shape index (κ1) is 25.1. The molecule has 0 fully saturated rings. The Kier molecular flexibility index (Phi) is 9.62. The summed E-state index contributed by atoms with van der Waals surface area (Å²) >= 11 is 0. The van der Waals surface area contributed by atoms with E-state index in [2.05, 4.69) is 20.2 Å². The van der Waals surface area contributed by atoms with E-state index in [1.165, 1.54) is 6.92 Å². The minimum Gasteiger partial charge on any atom is -0.467 e. The van der Waals surface area contributed by atoms with Crippen LogP contribution < -0.4 is 10.6 Å². The number of esters is 1. The van der Waals surface area contributed by atoms with E-state index in [0.717, 1.165) is 18.2 Å². The molecule has 2 aromatic rings. The number of hydrogen-bond acceptors (Lipinski definition) is 8. The molecule has 176 valence electrons. The molecule has 0 aromatic heterocycles. The van der Waals surface area contributed by atoms with Crippen LogP contribution in [0.4, 0.5) is 4.79 Å². The fourth-order valence-electron chi connectivity index (χ4n) is 2.91. The van der Waals surface area contributed by atoms with Crippen LogP contribution in [0.1, 0.15) is 18.1 Å². The molecule has 11 nitrogen and oxygen atoms in total. The minimum atomic E-state index is -1.48. The van der Waals surface area contributed by atoms with Crippen LogP contribution >= 0.6 is 0 Å². The Hall–Kier alpha value is -4.15. The van der Waals surface area contributed by atoms with E-state index in [1.807, 2.05) is 6.07 Å². The first-order valence-corrected chi connectivity index (χ1v) is 10.0. The van der Waals surface area contributed by atoms with Crippen molar-refractivity contribution in [3.63, 3.8) is 0 Å². The van der Waals surface area contributed by atoms with Gasteiger partial charge in [0.1, 0.15) is 18.8 Å². The third-order valence-electron chi connectivity index (χ3n) is 4.58. The van der Waals surface area contributed by atoms with Gasteiger partial charge in [0.2, 0.25) is 5.91 Å². The number of ether oxygens (including phenoxy) is 2. The topological polar surface area (TPSA) is 146 Å². The molecule has 0 heterocycles. The molecule has 2 amide bonds. The first-order chi connectivity index (χ1) is 15.8. The molecule has 0 radical (unpaired) electrons. The standard InChI is InChI=1S/C22H25N3O8/c1-15(33-25(29)30)19(21(27)31-2)24-20(26)18(13-16-9-5-3-6-10-16)23-22(28)32-14-17-11-7-4-8-12-17/h3-12,15,18-19H,13-14H2,1-2H3,(H,23,28)(H,24,26)/t15-,18-,19-/m0/s1. The maximum absolute atomic E-state index is 13.0. The molecular formula is C22H25N3O8. The van der Waals surface area contributed by atoms with Gasteiger partial charge in [-0.25, -0.2) is 9.59 Å². The summed E-state index contributed by atoms with van der Waals surface area (Å²) in [5, 5.41) is 14.4. The van der Waals surface area contributed by atoms with Crippen LogP contribution in [0.15, 0.2) is 60.7 Å². The van der Waals surface area contributed by atoms with E-state index in [4.69, 9.17) is 4.74 Å². The molecule has 0 aliphatic carbocycles. The molecule has 0 saturated carbocycles. The first-order valence-electron chi connectivity index (χ1n) is 10.0. The molecular weight excluding hydrogens is 434 g/mol. The monoisotopic (exact) mass is 459 g/mol. The number of alkyl carbamates (subject to hydrolysis) is 1. The highest BCUT2D eigenvalue weighted by molar-refractivity contribution is 5.90. The van der Waals surface area contributed by atoms with Gasteiger partial charge in [-0.05, 0) is 18.1 Å². The number of nitrogens with one attached hydrogen (secondary N) is 2. The summed E-state index contributed by atoms with van der Waals surface area (Å²) in [5.41, 5.74) is 1.48. The van der Waals surface area contributed by atoms with Crippen LogP contribution in [-0.4, -0.2) is 48.4 Å². The largest absolute Gasteiger partial charge is 0.467 e. The number of nitrogens with zero attached hydrogens (tertiary/aromatic N) is 1. The van der Waals surface area contributed by atoms with E-state index < -0.39 is 41.2 Å². The van der Waals surface area contributed by atoms with Gasteiger partial charge in [0.05, 0.1) is 7.11 Å². The van der Waals surface area contributed by atoms with Crippen LogP contribution in [0, 0.1) is 10.1 Å². The van der Waals surface area contributed by atoms with Crippen molar-refractivity contribution in [2.24, 2.45) is 0 Å². The van der Waals surface area contributed by atoms with Crippen molar-refractivity contribution in [2.75, 3.05) is 7.11 Å². The van der Waals surface area contributed by atoms with E-state index in [9.17, 15) is 24.5 Å². The maximum Gasteiger partial charge on any atom is 0.408 e. The molecule has 0 aliphatic rings. The summed E-state index contributed by atoms with van der Waals surface area (Å²) in [6, 6.07) is 15.2. The second-order valence-corrected chi connectivity index (χ2v) is 6.99. The van der Waals surface area contributed by atoms with Crippen molar-refractivity contribution in [3.05, 3.63) is 81.9 Å². The predicted molar refractivity (Wildman–Crippen MR) is 115 cm³/mol. The summed E-state index contributed by atoms with van der Waals surface area (Å²) in [6.45, 7) is 1.23. The Morgan fingerprint density at radius 1 is 0.970 bits per heavy atom. The van der Waals surface area contributed by atoms with E-state index in [-0.39, 0.29) is 13.0 Å². The number of rotatable bonds is 11. The quantitative estimate of drug-likeness (QED) is 0.294. The number of benzene rings is 2. The zero-order valence-corrected chi connectivity index (χ0v) is 18.1. The molecule has 0 aliphatic heterocycles. The van der Waals surface area contributed by atoms with E-state index >= 15 is 0 Å². The fourth-order valence-corrected chi connectivity index (χ4v) is 2.91. The highest BCUT2D eigenvalue weighted by Crippen LogP contribution is 2.08. The van der Waals surface area contributed by atoms with Crippen molar-refractivity contribution in [2.45, 2.75) is 38.1 Å². The Morgan fingerprint density at radius 3 is 2.09 bits per heavy atom. The third-order valence-corrected chi connectivity index (χ3v) is 4.58. The fraction of sp³-hybridized carbons (Fsp3) is 0.318. The average molecular weight is 459 g/mol. The lowest BCUT2D eigenvalue weighted by atomic mass is 10.0. The van der Waals surface area contributed by atoms with E-state index in [0.29, 0.717) is 0 Å². The van der Waals surface area contributed by atoms with Crippen molar-refractivity contribution >= 4 is 18.0 Å². The van der Waals surface area contributed by atoms with Crippen LogP contribution in [0.2, 0.25) is 0 Å². The number of amides is 2. The molecule has 2 N–H and O–H groups in total. The van der Waals surface area contributed by atoms with Crippen LogP contribution in [-0.2, 0) is 36.9 Å². The summed E-state index contributed by atoms with van der Waals surface area (Å²) in [5.74, 6) is -1.72. The van der Waals surface area contributed by atoms with Gasteiger partial charge in [-0.3, -0.25) is 4.79 Å². The van der Waals surface area contributed by atoms with Gasteiger partial charge in [0.25, 0.3) is 5.09 Å². The van der Waals surface area contributed by atoms with Crippen molar-refractivity contribution in [1.29, 1.82) is 0 Å². The summed E-state index contributed by atoms with van der Waals surface area (Å²) in [7, 11) is 1.07. The lowest BCUT2D eigenvalue weighted by Gasteiger charge is -2.24. The smallest absolute Gasteiger partial charge is 0.408 e. The van der Waals surface area contributed by atoms with Gasteiger partial charge in [-0.2, -0.15) is 0 Å². The van der Waals surface area contributed by atoms with Crippen LogP contribution in [0.3, 0.4) is 0 Å². The summed E-state index contributed by atoms with van der Waals surface area (Å²) in [4.78, 5) is 52.5. The van der Waals surface area contributed by atoms with Gasteiger partial charge in [0, 0.05) is 6.42 Å². The minimum absolute atomic E-state index is 0.00908. The molecule has 0 unspecified atom stereocenters. The number of methoxy groups -OCH3 is 1. The van der Waals surface area contributed by atoms with Gasteiger partial charge in [-0.1, -0.05) is 60.7 Å². The van der Waals surface area contributed by atoms with Gasteiger partial charge in [0.15, 0.2) is 6.04 Å². The third kappa shape index (κ3) is 8.48. The second-order valence-electron chi connectivity index (χ2n) is 6.99. The SMILES string of the molecule is COC(=O)[C@@H](NC(=O)[C@H](Cc1ccccc1)NC(=O)OCc1ccccc1)[C@H](C)O[N+](=O)[O-]. The predicted octanol–water partition coefficient (Wildman–Crippen LogP) is 1.78. The normalized spacial score (nSPS) is 13.0. The highest BCUT2D eigenvalue weighted by Gasteiger charge is 2.33. The number of hydrogen-bond donors (Lipinski definition) is 2.